The van der Waals surface area contributed by atoms with Gasteiger partial charge in [0.05, 0.1) is 17.2 Å². The summed E-state index contributed by atoms with van der Waals surface area (Å²) >= 11 is 5.47. The molecule has 0 unspecified atom stereocenters. The van der Waals surface area contributed by atoms with Gasteiger partial charge in [0.1, 0.15) is 0 Å². The van der Waals surface area contributed by atoms with Crippen LogP contribution < -0.4 is 4.74 Å². The van der Waals surface area contributed by atoms with Gasteiger partial charge in [-0.3, -0.25) is 10.1 Å². The molecule has 0 spiro atoms. The summed E-state index contributed by atoms with van der Waals surface area (Å²) < 4.78 is 32.0. The van der Waals surface area contributed by atoms with Crippen LogP contribution in [0.15, 0.2) is 18.3 Å². The Morgan fingerprint density at radius 1 is 1.35 bits per heavy atom. The Bertz CT molecular complexity index is 697. The molecule has 0 aliphatic rings. The molecule has 1 heterocycles. The predicted molar refractivity (Wildman–Crippen MR) is 64.9 cm³/mol. The number of hydrogen-bond donors (Lipinski definition) is 0. The first-order chi connectivity index (χ1) is 9.38. The number of ether oxygens (including phenoxy) is 1. The fourth-order valence-corrected chi connectivity index (χ4v) is 1.55. The van der Waals surface area contributed by atoms with Gasteiger partial charge in [0.2, 0.25) is 11.1 Å². The Hall–Kier alpha value is -2.35. The third-order valence-electron chi connectivity index (χ3n) is 2.34. The van der Waals surface area contributed by atoms with Crippen LogP contribution in [-0.4, -0.2) is 14.9 Å². The summed E-state index contributed by atoms with van der Waals surface area (Å²) in [4.78, 5) is 16.7. The Balaban J connectivity index is 2.42. The predicted octanol–water partition coefficient (Wildman–Crippen LogP) is 3.42. The lowest BCUT2D eigenvalue weighted by atomic mass is 10.2. The highest BCUT2D eigenvalue weighted by molar-refractivity contribution is 6.28. The van der Waals surface area contributed by atoms with Crippen molar-refractivity contribution in [1.82, 2.24) is 9.97 Å². The number of nitrogens with zero attached hydrogens (tertiary/aromatic N) is 3. The minimum absolute atomic E-state index is 0.159. The summed E-state index contributed by atoms with van der Waals surface area (Å²) in [6, 6.07) is 1.76. The van der Waals surface area contributed by atoms with Crippen molar-refractivity contribution in [2.24, 2.45) is 0 Å². The van der Waals surface area contributed by atoms with Gasteiger partial charge in [-0.15, -0.1) is 0 Å². The molecule has 9 heteroatoms. The molecular formula is C11H6ClF2N3O3. The van der Waals surface area contributed by atoms with Crippen molar-refractivity contribution >= 4 is 17.3 Å². The smallest absolute Gasteiger partial charge is 0.275 e. The van der Waals surface area contributed by atoms with Gasteiger partial charge in [-0.05, 0) is 24.6 Å². The van der Waals surface area contributed by atoms with E-state index in [2.05, 4.69) is 9.97 Å². The minimum atomic E-state index is -1.02. The van der Waals surface area contributed by atoms with E-state index in [0.717, 1.165) is 12.3 Å². The van der Waals surface area contributed by atoms with E-state index in [1.54, 1.807) is 0 Å². The Labute approximate surface area is 116 Å². The number of benzene rings is 1. The number of hydrogen-bond acceptors (Lipinski definition) is 5. The number of halogens is 3. The third kappa shape index (κ3) is 2.80. The standard InChI is InChI=1S/C11H6ClF2N3O3/c1-5-2-9(6(13)3-8(5)17(18)19)20-10-7(14)4-15-11(12)16-10/h2-4H,1H3. The van der Waals surface area contributed by atoms with E-state index >= 15 is 0 Å². The number of nitro benzene ring substituents is 1. The summed E-state index contributed by atoms with van der Waals surface area (Å²) in [5.74, 6) is -2.93. The Morgan fingerprint density at radius 2 is 2.05 bits per heavy atom. The van der Waals surface area contributed by atoms with Gasteiger partial charge in [-0.2, -0.15) is 9.37 Å². The summed E-state index contributed by atoms with van der Waals surface area (Å²) in [5, 5.41) is 10.4. The number of aryl methyl sites for hydroxylation is 1. The normalized spacial score (nSPS) is 10.4. The maximum Gasteiger partial charge on any atom is 0.275 e. The van der Waals surface area contributed by atoms with Gasteiger partial charge in [0, 0.05) is 5.56 Å². The molecule has 0 fully saturated rings. The highest BCUT2D eigenvalue weighted by Gasteiger charge is 2.18. The molecule has 0 N–H and O–H groups in total. The molecule has 0 saturated heterocycles. The van der Waals surface area contributed by atoms with Gasteiger partial charge in [-0.25, -0.2) is 9.37 Å². The van der Waals surface area contributed by atoms with Crippen LogP contribution in [0.2, 0.25) is 5.28 Å². The molecule has 6 nitrogen and oxygen atoms in total. The van der Waals surface area contributed by atoms with Gasteiger partial charge >= 0.3 is 0 Å². The molecule has 1 aromatic heterocycles. The van der Waals surface area contributed by atoms with Crippen LogP contribution in [0.3, 0.4) is 0 Å². The minimum Gasteiger partial charge on any atom is -0.433 e. The van der Waals surface area contributed by atoms with E-state index in [1.165, 1.54) is 6.92 Å². The molecule has 2 aromatic rings. The van der Waals surface area contributed by atoms with Crippen LogP contribution in [0, 0.1) is 28.7 Å². The second-order valence-corrected chi connectivity index (χ2v) is 4.06. The third-order valence-corrected chi connectivity index (χ3v) is 2.52. The second kappa shape index (κ2) is 5.33. The van der Waals surface area contributed by atoms with Crippen molar-refractivity contribution in [2.45, 2.75) is 6.92 Å². The largest absolute Gasteiger partial charge is 0.433 e. The maximum absolute atomic E-state index is 13.7. The quantitative estimate of drug-likeness (QED) is 0.493. The highest BCUT2D eigenvalue weighted by atomic mass is 35.5. The molecule has 20 heavy (non-hydrogen) atoms. The van der Waals surface area contributed by atoms with Crippen LogP contribution in [0.25, 0.3) is 0 Å². The zero-order valence-electron chi connectivity index (χ0n) is 9.93. The van der Waals surface area contributed by atoms with Crippen LogP contribution in [0.5, 0.6) is 11.6 Å². The monoisotopic (exact) mass is 301 g/mol. The molecule has 0 saturated carbocycles. The summed E-state index contributed by atoms with van der Waals surface area (Å²) in [7, 11) is 0. The molecule has 2 rings (SSSR count). The Kier molecular flexibility index (Phi) is 3.75. The summed E-state index contributed by atoms with van der Waals surface area (Å²) in [6.45, 7) is 1.40. The number of nitro groups is 1. The van der Waals surface area contributed by atoms with Crippen molar-refractivity contribution < 1.29 is 18.4 Å². The molecule has 0 atom stereocenters. The lowest BCUT2D eigenvalue weighted by molar-refractivity contribution is -0.385. The van der Waals surface area contributed by atoms with Crippen molar-refractivity contribution in [2.75, 3.05) is 0 Å². The topological polar surface area (TPSA) is 78.2 Å². The van der Waals surface area contributed by atoms with E-state index < -0.39 is 33.9 Å². The van der Waals surface area contributed by atoms with E-state index in [9.17, 15) is 18.9 Å². The zero-order chi connectivity index (χ0) is 14.9. The maximum atomic E-state index is 13.7. The zero-order valence-corrected chi connectivity index (χ0v) is 10.7. The van der Waals surface area contributed by atoms with Crippen LogP contribution >= 0.6 is 11.6 Å². The summed E-state index contributed by atoms with van der Waals surface area (Å²) in [5.41, 5.74) is -0.247. The van der Waals surface area contributed by atoms with Crippen molar-refractivity contribution in [1.29, 1.82) is 0 Å². The second-order valence-electron chi connectivity index (χ2n) is 3.72. The van der Waals surface area contributed by atoms with Crippen LogP contribution in [0.4, 0.5) is 14.5 Å². The van der Waals surface area contributed by atoms with Crippen LogP contribution in [-0.2, 0) is 0 Å². The number of rotatable bonds is 3. The van der Waals surface area contributed by atoms with E-state index in [0.29, 0.717) is 6.07 Å². The molecule has 0 aliphatic heterocycles. The van der Waals surface area contributed by atoms with Gasteiger partial charge in [0.15, 0.2) is 11.6 Å². The first kappa shape index (κ1) is 14.1. The first-order valence-corrected chi connectivity index (χ1v) is 5.56. The first-order valence-electron chi connectivity index (χ1n) is 5.19. The number of aromatic nitrogens is 2. The van der Waals surface area contributed by atoms with Crippen molar-refractivity contribution in [3.63, 3.8) is 0 Å². The lowest BCUT2D eigenvalue weighted by Crippen LogP contribution is -1.99. The highest BCUT2D eigenvalue weighted by Crippen LogP contribution is 2.30. The molecule has 0 amide bonds. The van der Waals surface area contributed by atoms with E-state index in [4.69, 9.17) is 16.3 Å². The summed E-state index contributed by atoms with van der Waals surface area (Å²) in [6.07, 6.45) is 0.765. The van der Waals surface area contributed by atoms with Gasteiger partial charge in [0.25, 0.3) is 11.6 Å². The van der Waals surface area contributed by atoms with Crippen molar-refractivity contribution in [3.8, 4) is 11.6 Å². The molecular weight excluding hydrogens is 296 g/mol. The fourth-order valence-electron chi connectivity index (χ4n) is 1.43. The average Bonchev–Trinajstić information content (AvgIpc) is 2.37. The average molecular weight is 302 g/mol. The molecule has 1 aromatic carbocycles. The van der Waals surface area contributed by atoms with E-state index in [1.807, 2.05) is 0 Å². The van der Waals surface area contributed by atoms with Gasteiger partial charge in [-0.1, -0.05) is 0 Å². The molecule has 104 valence electrons. The fraction of sp³-hybridized carbons (Fsp3) is 0.0909. The van der Waals surface area contributed by atoms with E-state index in [-0.39, 0.29) is 10.8 Å². The molecule has 0 bridgehead atoms. The van der Waals surface area contributed by atoms with Crippen LogP contribution in [0.1, 0.15) is 5.56 Å². The Morgan fingerprint density at radius 3 is 2.70 bits per heavy atom. The SMILES string of the molecule is Cc1cc(Oc2nc(Cl)ncc2F)c(F)cc1[N+](=O)[O-]. The van der Waals surface area contributed by atoms with Gasteiger partial charge < -0.3 is 4.74 Å². The molecule has 0 radical (unpaired) electrons. The van der Waals surface area contributed by atoms with Crippen molar-refractivity contribution in [3.05, 3.63) is 50.9 Å². The molecule has 0 aliphatic carbocycles. The lowest BCUT2D eigenvalue weighted by Gasteiger charge is -2.07.